The fourth-order valence-electron chi connectivity index (χ4n) is 4.32. The van der Waals surface area contributed by atoms with Gasteiger partial charge in [-0.15, -0.1) is 0 Å². The van der Waals surface area contributed by atoms with Gasteiger partial charge >= 0.3 is 31.0 Å². The number of benzene rings is 1. The van der Waals surface area contributed by atoms with Crippen molar-refractivity contribution in [3.05, 3.63) is 29.8 Å². The predicted octanol–water partition coefficient (Wildman–Crippen LogP) is 1.78. The summed E-state index contributed by atoms with van der Waals surface area (Å²) in [5.74, 6) is -2.61. The molecule has 0 spiro atoms. The van der Waals surface area contributed by atoms with Crippen molar-refractivity contribution in [2.24, 2.45) is 0 Å². The Bertz CT molecular complexity index is 1040. The highest BCUT2D eigenvalue weighted by atomic mass is 16.7. The first-order chi connectivity index (χ1) is 17.6. The summed E-state index contributed by atoms with van der Waals surface area (Å²) in [6.07, 6.45) is -5.59. The molecule has 2 fully saturated rings. The number of carbonyl (C=O) groups excluding carboxylic acids is 4. The molecule has 2 aliphatic heterocycles. The second-order valence-electron chi connectivity index (χ2n) is 10.4. The topological polar surface area (TPSA) is 133 Å². The first kappa shape index (κ1) is 29.6. The molecule has 208 valence electrons. The van der Waals surface area contributed by atoms with Crippen molar-refractivity contribution in [1.82, 2.24) is 0 Å². The Hall–Kier alpha value is -2.96. The van der Waals surface area contributed by atoms with Crippen LogP contribution >= 0.6 is 0 Å². The van der Waals surface area contributed by atoms with Crippen LogP contribution in [0.4, 0.5) is 0 Å². The lowest BCUT2D eigenvalue weighted by atomic mass is 9.78. The summed E-state index contributed by atoms with van der Waals surface area (Å²) < 4.78 is 40.0. The summed E-state index contributed by atoms with van der Waals surface area (Å²) in [6.45, 7) is 12.3. The zero-order valence-corrected chi connectivity index (χ0v) is 23.0. The van der Waals surface area contributed by atoms with Gasteiger partial charge < -0.3 is 33.0 Å². The Morgan fingerprint density at radius 2 is 1.21 bits per heavy atom. The predicted molar refractivity (Wildman–Crippen MR) is 133 cm³/mol. The van der Waals surface area contributed by atoms with Crippen LogP contribution in [0.2, 0.25) is 0 Å². The smallest absolute Gasteiger partial charge is 0.463 e. The molecule has 0 radical (unpaired) electrons. The maximum absolute atomic E-state index is 12.1. The molecular formula is C26H35BO11. The Kier molecular flexibility index (Phi) is 8.90. The van der Waals surface area contributed by atoms with Gasteiger partial charge in [-0.25, -0.2) is 0 Å². The summed E-state index contributed by atoms with van der Waals surface area (Å²) in [4.78, 5) is 47.5. The van der Waals surface area contributed by atoms with E-state index in [0.29, 0.717) is 5.56 Å². The fourth-order valence-corrected chi connectivity index (χ4v) is 4.32. The Balaban J connectivity index is 1.98. The fraction of sp³-hybridized carbons (Fsp3) is 0.615. The van der Waals surface area contributed by atoms with Gasteiger partial charge in [0.05, 0.1) is 11.2 Å². The number of hydrogen-bond acceptors (Lipinski definition) is 11. The van der Waals surface area contributed by atoms with Gasteiger partial charge in [-0.05, 0) is 38.7 Å². The number of rotatable bonds is 7. The second kappa shape index (κ2) is 11.4. The third kappa shape index (κ3) is 6.72. The van der Waals surface area contributed by atoms with Gasteiger partial charge in [0.1, 0.15) is 18.8 Å². The van der Waals surface area contributed by atoms with Crippen molar-refractivity contribution in [1.29, 1.82) is 0 Å². The van der Waals surface area contributed by atoms with Crippen molar-refractivity contribution in [2.75, 3.05) is 6.61 Å². The van der Waals surface area contributed by atoms with Gasteiger partial charge in [0.25, 0.3) is 0 Å². The van der Waals surface area contributed by atoms with Gasteiger partial charge in [0.2, 0.25) is 0 Å². The van der Waals surface area contributed by atoms with Gasteiger partial charge in [-0.2, -0.15) is 0 Å². The first-order valence-electron chi connectivity index (χ1n) is 12.4. The molecule has 2 aliphatic rings. The SMILES string of the molecule is CC(=O)OC[C@H]1O[C@H](c2ccc(B3OC(C)(C)C(C)(C)O3)cc2)[C@@H](OC(C)=O)[C@H](OC(C)=O)[C@@H]1OC(C)=O. The lowest BCUT2D eigenvalue weighted by Crippen LogP contribution is -2.59. The van der Waals surface area contributed by atoms with Crippen LogP contribution in [-0.4, -0.2) is 73.2 Å². The number of carbonyl (C=O) groups is 4. The van der Waals surface area contributed by atoms with Gasteiger partial charge in [-0.1, -0.05) is 24.3 Å². The average Bonchev–Trinajstić information content (AvgIpc) is 3.01. The molecular weight excluding hydrogens is 499 g/mol. The van der Waals surface area contributed by atoms with E-state index in [0.717, 1.165) is 5.46 Å². The summed E-state index contributed by atoms with van der Waals surface area (Å²) in [7, 11) is -0.593. The van der Waals surface area contributed by atoms with E-state index in [4.69, 9.17) is 33.0 Å². The van der Waals surface area contributed by atoms with E-state index in [1.165, 1.54) is 27.7 Å². The number of esters is 4. The zero-order chi connectivity index (χ0) is 28.4. The zero-order valence-electron chi connectivity index (χ0n) is 23.0. The standard InChI is InChI=1S/C26H35BO11/c1-14(28)32-13-20-22(33-15(2)29)24(35-17(4)31)23(34-16(3)30)21(36-20)18-9-11-19(12-10-18)27-37-25(5,6)26(7,8)38-27/h9-12,20-24H,13H2,1-8H3/t20-,21-,22-,23-,24-/m1/s1. The van der Waals surface area contributed by atoms with Crippen LogP contribution in [0.25, 0.3) is 0 Å². The number of ether oxygens (including phenoxy) is 5. The van der Waals surface area contributed by atoms with E-state index in [2.05, 4.69) is 0 Å². The van der Waals surface area contributed by atoms with Gasteiger partial charge in [0.15, 0.2) is 18.3 Å². The Morgan fingerprint density at radius 1 is 0.737 bits per heavy atom. The summed E-state index contributed by atoms with van der Waals surface area (Å²) in [6, 6.07) is 7.10. The summed E-state index contributed by atoms with van der Waals surface area (Å²) >= 11 is 0. The third-order valence-electron chi connectivity index (χ3n) is 6.78. The van der Waals surface area contributed by atoms with E-state index in [-0.39, 0.29) is 6.61 Å². The molecule has 0 saturated carbocycles. The van der Waals surface area contributed by atoms with E-state index in [1.54, 1.807) is 24.3 Å². The lowest BCUT2D eigenvalue weighted by Gasteiger charge is -2.44. The largest absolute Gasteiger partial charge is 0.494 e. The molecule has 0 aliphatic carbocycles. The van der Waals surface area contributed by atoms with Crippen molar-refractivity contribution in [3.63, 3.8) is 0 Å². The monoisotopic (exact) mass is 534 g/mol. The highest BCUT2D eigenvalue weighted by molar-refractivity contribution is 6.62. The van der Waals surface area contributed by atoms with Crippen molar-refractivity contribution in [2.45, 2.75) is 97.1 Å². The van der Waals surface area contributed by atoms with E-state index < -0.39 is 72.7 Å². The van der Waals surface area contributed by atoms with Crippen molar-refractivity contribution < 1.29 is 52.2 Å². The van der Waals surface area contributed by atoms with Crippen LogP contribution in [0.1, 0.15) is 67.1 Å². The highest BCUT2D eigenvalue weighted by Crippen LogP contribution is 2.39. The molecule has 11 nitrogen and oxygen atoms in total. The molecule has 0 bridgehead atoms. The minimum atomic E-state index is -1.23. The summed E-state index contributed by atoms with van der Waals surface area (Å²) in [5, 5.41) is 0. The molecule has 5 atom stereocenters. The summed E-state index contributed by atoms with van der Waals surface area (Å²) in [5.41, 5.74) is 0.299. The van der Waals surface area contributed by atoms with Gasteiger partial charge in [-0.3, -0.25) is 19.2 Å². The van der Waals surface area contributed by atoms with Gasteiger partial charge in [0, 0.05) is 27.7 Å². The quantitative estimate of drug-likeness (QED) is 0.288. The second-order valence-corrected chi connectivity index (χ2v) is 10.4. The molecule has 2 saturated heterocycles. The molecule has 1 aromatic rings. The first-order valence-corrected chi connectivity index (χ1v) is 12.4. The van der Waals surface area contributed by atoms with E-state index in [9.17, 15) is 19.2 Å². The molecule has 0 unspecified atom stereocenters. The lowest BCUT2D eigenvalue weighted by molar-refractivity contribution is -0.254. The van der Waals surface area contributed by atoms with Crippen molar-refractivity contribution in [3.8, 4) is 0 Å². The Morgan fingerprint density at radius 3 is 1.68 bits per heavy atom. The molecule has 3 rings (SSSR count). The normalized spacial score (nSPS) is 27.8. The molecule has 38 heavy (non-hydrogen) atoms. The van der Waals surface area contributed by atoms with E-state index >= 15 is 0 Å². The maximum Gasteiger partial charge on any atom is 0.494 e. The Labute approximate surface area is 222 Å². The molecule has 0 N–H and O–H groups in total. The molecule has 1 aromatic carbocycles. The third-order valence-corrected chi connectivity index (χ3v) is 6.78. The van der Waals surface area contributed by atoms with Crippen LogP contribution in [0.3, 0.4) is 0 Å². The van der Waals surface area contributed by atoms with Crippen LogP contribution in [0.15, 0.2) is 24.3 Å². The van der Waals surface area contributed by atoms with E-state index in [1.807, 2.05) is 27.7 Å². The van der Waals surface area contributed by atoms with Crippen LogP contribution in [-0.2, 0) is 52.2 Å². The molecule has 0 amide bonds. The molecule has 12 heteroatoms. The van der Waals surface area contributed by atoms with Crippen LogP contribution < -0.4 is 5.46 Å². The van der Waals surface area contributed by atoms with Crippen LogP contribution in [0.5, 0.6) is 0 Å². The van der Waals surface area contributed by atoms with Crippen LogP contribution in [0, 0.1) is 0 Å². The number of hydrogen-bond donors (Lipinski definition) is 0. The highest BCUT2D eigenvalue weighted by Gasteiger charge is 2.53. The minimum Gasteiger partial charge on any atom is -0.463 e. The molecule has 2 heterocycles. The minimum absolute atomic E-state index is 0.291. The van der Waals surface area contributed by atoms with Crippen molar-refractivity contribution >= 4 is 36.5 Å². The molecule has 0 aromatic heterocycles. The average molecular weight is 534 g/mol. The maximum atomic E-state index is 12.1.